The van der Waals surface area contributed by atoms with Gasteiger partial charge >= 0.3 is 5.97 Å². The summed E-state index contributed by atoms with van der Waals surface area (Å²) in [5, 5.41) is 0. The second-order valence-corrected chi connectivity index (χ2v) is 6.66. The van der Waals surface area contributed by atoms with Crippen molar-refractivity contribution < 1.29 is 9.53 Å². The summed E-state index contributed by atoms with van der Waals surface area (Å²) < 4.78 is 5.33. The van der Waals surface area contributed by atoms with Crippen molar-refractivity contribution in [1.29, 1.82) is 0 Å². The van der Waals surface area contributed by atoms with Gasteiger partial charge in [-0.05, 0) is 57.5 Å². The molecule has 0 unspecified atom stereocenters. The van der Waals surface area contributed by atoms with Crippen molar-refractivity contribution in [2.75, 3.05) is 13.1 Å². The fourth-order valence-electron chi connectivity index (χ4n) is 3.86. The van der Waals surface area contributed by atoms with Gasteiger partial charge in [0.15, 0.2) is 0 Å². The third-order valence-corrected chi connectivity index (χ3v) is 5.11. The normalized spacial score (nSPS) is 29.3. The predicted octanol–water partition coefficient (Wildman–Crippen LogP) is 3.76. The standard InChI is InChI=1S/C17H31NO2/c1-3-4-5-15-10-12-18(13-11-15)16-6-8-17(9-7-16)20-14(2)19/h15-17H,3-13H2,1-2H3. The summed E-state index contributed by atoms with van der Waals surface area (Å²) in [7, 11) is 0. The molecule has 3 heteroatoms. The second kappa shape index (κ2) is 8.02. The zero-order valence-corrected chi connectivity index (χ0v) is 13.3. The van der Waals surface area contributed by atoms with E-state index in [1.807, 2.05) is 0 Å². The van der Waals surface area contributed by atoms with Crippen LogP contribution in [-0.4, -0.2) is 36.1 Å². The first kappa shape index (κ1) is 15.8. The lowest BCUT2D eigenvalue weighted by atomic mass is 9.87. The molecule has 0 aromatic rings. The maximum absolute atomic E-state index is 11.0. The predicted molar refractivity (Wildman–Crippen MR) is 81.6 cm³/mol. The first-order valence-electron chi connectivity index (χ1n) is 8.60. The number of hydrogen-bond donors (Lipinski definition) is 0. The number of piperidine rings is 1. The van der Waals surface area contributed by atoms with Crippen molar-refractivity contribution in [3.63, 3.8) is 0 Å². The molecule has 1 heterocycles. The first-order chi connectivity index (χ1) is 9.69. The monoisotopic (exact) mass is 281 g/mol. The molecule has 0 N–H and O–H groups in total. The molecule has 1 aliphatic heterocycles. The van der Waals surface area contributed by atoms with E-state index in [1.54, 1.807) is 0 Å². The number of unbranched alkanes of at least 4 members (excludes halogenated alkanes) is 1. The van der Waals surface area contributed by atoms with Gasteiger partial charge < -0.3 is 9.64 Å². The molecule has 1 saturated carbocycles. The minimum Gasteiger partial charge on any atom is -0.463 e. The summed E-state index contributed by atoms with van der Waals surface area (Å²) in [6.45, 7) is 6.39. The maximum Gasteiger partial charge on any atom is 0.302 e. The molecule has 0 spiro atoms. The molecule has 2 fully saturated rings. The zero-order chi connectivity index (χ0) is 14.4. The van der Waals surface area contributed by atoms with E-state index in [0.29, 0.717) is 0 Å². The number of likely N-dealkylation sites (tertiary alicyclic amines) is 1. The average molecular weight is 281 g/mol. The zero-order valence-electron chi connectivity index (χ0n) is 13.3. The molecular formula is C17H31NO2. The maximum atomic E-state index is 11.0. The Kier molecular flexibility index (Phi) is 6.34. The van der Waals surface area contributed by atoms with Gasteiger partial charge in [0, 0.05) is 13.0 Å². The molecule has 3 nitrogen and oxygen atoms in total. The fraction of sp³-hybridized carbons (Fsp3) is 0.941. The van der Waals surface area contributed by atoms with E-state index >= 15 is 0 Å². The van der Waals surface area contributed by atoms with Gasteiger partial charge in [-0.25, -0.2) is 0 Å². The Morgan fingerprint density at radius 3 is 2.30 bits per heavy atom. The lowest BCUT2D eigenvalue weighted by Gasteiger charge is -2.40. The molecule has 20 heavy (non-hydrogen) atoms. The van der Waals surface area contributed by atoms with Crippen LogP contribution in [0.15, 0.2) is 0 Å². The summed E-state index contributed by atoms with van der Waals surface area (Å²) in [5.74, 6) is 0.855. The topological polar surface area (TPSA) is 29.5 Å². The highest BCUT2D eigenvalue weighted by Crippen LogP contribution is 2.30. The lowest BCUT2D eigenvalue weighted by Crippen LogP contribution is -2.44. The van der Waals surface area contributed by atoms with Crippen molar-refractivity contribution in [1.82, 2.24) is 4.90 Å². The quantitative estimate of drug-likeness (QED) is 0.719. The molecule has 116 valence electrons. The van der Waals surface area contributed by atoms with Gasteiger partial charge in [-0.1, -0.05) is 26.2 Å². The SMILES string of the molecule is CCCCC1CCN(C2CCC(OC(C)=O)CC2)CC1. The highest BCUT2D eigenvalue weighted by Gasteiger charge is 2.29. The van der Waals surface area contributed by atoms with Gasteiger partial charge in [0.2, 0.25) is 0 Å². The first-order valence-corrected chi connectivity index (χ1v) is 8.60. The number of rotatable bonds is 5. The van der Waals surface area contributed by atoms with Gasteiger partial charge in [-0.2, -0.15) is 0 Å². The van der Waals surface area contributed by atoms with Crippen LogP contribution >= 0.6 is 0 Å². The van der Waals surface area contributed by atoms with Crippen molar-refractivity contribution >= 4 is 5.97 Å². The second-order valence-electron chi connectivity index (χ2n) is 6.66. The largest absolute Gasteiger partial charge is 0.463 e. The molecule has 1 aliphatic carbocycles. The van der Waals surface area contributed by atoms with Gasteiger partial charge in [-0.15, -0.1) is 0 Å². The van der Waals surface area contributed by atoms with Crippen LogP contribution in [0.3, 0.4) is 0 Å². The van der Waals surface area contributed by atoms with Crippen LogP contribution < -0.4 is 0 Å². The summed E-state index contributed by atoms with van der Waals surface area (Å²) >= 11 is 0. The Bertz CT molecular complexity index is 289. The van der Waals surface area contributed by atoms with Crippen LogP contribution in [-0.2, 0) is 9.53 Å². The summed E-state index contributed by atoms with van der Waals surface area (Å²) in [6, 6.07) is 0.744. The Morgan fingerprint density at radius 2 is 1.75 bits per heavy atom. The molecule has 0 atom stereocenters. The molecule has 0 bridgehead atoms. The van der Waals surface area contributed by atoms with Gasteiger partial charge in [0.25, 0.3) is 0 Å². The molecule has 0 radical (unpaired) electrons. The highest BCUT2D eigenvalue weighted by atomic mass is 16.5. The van der Waals surface area contributed by atoms with E-state index in [1.165, 1.54) is 65.0 Å². The van der Waals surface area contributed by atoms with E-state index in [0.717, 1.165) is 24.8 Å². The minimum absolute atomic E-state index is 0.120. The van der Waals surface area contributed by atoms with Crippen LogP contribution in [0.5, 0.6) is 0 Å². The highest BCUT2D eigenvalue weighted by molar-refractivity contribution is 5.66. The van der Waals surface area contributed by atoms with E-state index in [4.69, 9.17) is 4.74 Å². The van der Waals surface area contributed by atoms with Gasteiger partial charge in [0.05, 0.1) is 0 Å². The Labute approximate surface area is 124 Å². The summed E-state index contributed by atoms with van der Waals surface area (Å²) in [5.41, 5.74) is 0. The van der Waals surface area contributed by atoms with Crippen LogP contribution in [0, 0.1) is 5.92 Å². The Morgan fingerprint density at radius 1 is 1.10 bits per heavy atom. The third kappa shape index (κ3) is 4.76. The molecule has 2 rings (SSSR count). The van der Waals surface area contributed by atoms with Crippen molar-refractivity contribution in [3.05, 3.63) is 0 Å². The van der Waals surface area contributed by atoms with Gasteiger partial charge in [0.1, 0.15) is 6.10 Å². The molecule has 0 amide bonds. The lowest BCUT2D eigenvalue weighted by molar-refractivity contribution is -0.148. The van der Waals surface area contributed by atoms with E-state index in [2.05, 4.69) is 11.8 Å². The number of carbonyl (C=O) groups is 1. The summed E-state index contributed by atoms with van der Waals surface area (Å²) in [4.78, 5) is 13.7. The third-order valence-electron chi connectivity index (χ3n) is 5.11. The van der Waals surface area contributed by atoms with Crippen LogP contribution in [0.4, 0.5) is 0 Å². The molecule has 1 saturated heterocycles. The number of hydrogen-bond acceptors (Lipinski definition) is 3. The Balaban J connectivity index is 1.66. The van der Waals surface area contributed by atoms with Crippen LogP contribution in [0.1, 0.15) is 71.6 Å². The van der Waals surface area contributed by atoms with E-state index < -0.39 is 0 Å². The smallest absolute Gasteiger partial charge is 0.302 e. The number of esters is 1. The number of ether oxygens (including phenoxy) is 1. The molecular weight excluding hydrogens is 250 g/mol. The van der Waals surface area contributed by atoms with E-state index in [9.17, 15) is 4.79 Å². The fourth-order valence-corrected chi connectivity index (χ4v) is 3.86. The van der Waals surface area contributed by atoms with Crippen LogP contribution in [0.25, 0.3) is 0 Å². The summed E-state index contributed by atoms with van der Waals surface area (Å²) in [6.07, 6.45) is 11.7. The number of nitrogens with zero attached hydrogens (tertiary/aromatic N) is 1. The van der Waals surface area contributed by atoms with E-state index in [-0.39, 0.29) is 12.1 Å². The van der Waals surface area contributed by atoms with Crippen molar-refractivity contribution in [2.45, 2.75) is 83.8 Å². The van der Waals surface area contributed by atoms with Crippen molar-refractivity contribution in [2.24, 2.45) is 5.92 Å². The minimum atomic E-state index is -0.120. The van der Waals surface area contributed by atoms with Crippen LogP contribution in [0.2, 0.25) is 0 Å². The van der Waals surface area contributed by atoms with Crippen molar-refractivity contribution in [3.8, 4) is 0 Å². The molecule has 2 aliphatic rings. The average Bonchev–Trinajstić information content (AvgIpc) is 2.46. The van der Waals surface area contributed by atoms with Gasteiger partial charge in [-0.3, -0.25) is 4.79 Å². The number of carbonyl (C=O) groups excluding carboxylic acids is 1. The Hall–Kier alpha value is -0.570. The molecule has 0 aromatic heterocycles. The molecule has 0 aromatic carbocycles.